The van der Waals surface area contributed by atoms with Gasteiger partial charge in [-0.1, -0.05) is 22.6 Å². The summed E-state index contributed by atoms with van der Waals surface area (Å²) in [5.74, 6) is 0. The van der Waals surface area contributed by atoms with Crippen molar-refractivity contribution in [1.82, 2.24) is 4.81 Å². The molecule has 1 unspecified atom stereocenters. The van der Waals surface area contributed by atoms with E-state index in [0.29, 0.717) is 0 Å². The molecule has 1 fully saturated rings. The second kappa shape index (κ2) is 3.06. The summed E-state index contributed by atoms with van der Waals surface area (Å²) in [6, 6.07) is 0. The van der Waals surface area contributed by atoms with Crippen molar-refractivity contribution in [2.75, 3.05) is 13.1 Å². The van der Waals surface area contributed by atoms with Gasteiger partial charge in [-0.2, -0.15) is 0 Å². The Morgan fingerprint density at radius 1 is 1.62 bits per heavy atom. The fourth-order valence-corrected chi connectivity index (χ4v) is 1.90. The minimum atomic E-state index is 0.784. The first-order chi connectivity index (χ1) is 3.79. The predicted molar refractivity (Wildman–Crippen MR) is 44.4 cm³/mol. The Bertz CT molecular complexity index is 70.8. The fraction of sp³-hybridized carbons (Fsp3) is 1.00. The molecule has 8 heavy (non-hydrogen) atoms. The number of hydrogen-bond acceptors (Lipinski definition) is 1. The SMILES string of the molecule is [B]N1CCCC(I)C1. The van der Waals surface area contributed by atoms with Crippen LogP contribution in [-0.2, 0) is 0 Å². The summed E-state index contributed by atoms with van der Waals surface area (Å²) in [5, 5.41) is 0. The van der Waals surface area contributed by atoms with Crippen LogP contribution in [0.1, 0.15) is 12.8 Å². The van der Waals surface area contributed by atoms with E-state index in [0.717, 1.165) is 17.0 Å². The van der Waals surface area contributed by atoms with Gasteiger partial charge in [-0.25, -0.2) is 0 Å². The average Bonchev–Trinajstić information content (AvgIpc) is 1.64. The average molecular weight is 221 g/mol. The Labute approximate surface area is 65.4 Å². The summed E-state index contributed by atoms with van der Waals surface area (Å²) in [6.07, 6.45) is 2.61. The smallest absolute Gasteiger partial charge is 0.182 e. The van der Waals surface area contributed by atoms with E-state index < -0.39 is 0 Å². The van der Waals surface area contributed by atoms with Crippen LogP contribution in [0.2, 0.25) is 0 Å². The molecule has 1 aliphatic rings. The van der Waals surface area contributed by atoms with E-state index in [1.807, 2.05) is 4.81 Å². The van der Waals surface area contributed by atoms with Gasteiger partial charge in [-0.3, -0.25) is 0 Å². The normalized spacial score (nSPS) is 32.9. The van der Waals surface area contributed by atoms with Crippen LogP contribution >= 0.6 is 22.6 Å². The van der Waals surface area contributed by atoms with Gasteiger partial charge in [0, 0.05) is 3.92 Å². The monoisotopic (exact) mass is 221 g/mol. The van der Waals surface area contributed by atoms with Gasteiger partial charge in [0.1, 0.15) is 0 Å². The quantitative estimate of drug-likeness (QED) is 0.334. The van der Waals surface area contributed by atoms with Gasteiger partial charge in [0.15, 0.2) is 7.98 Å². The van der Waals surface area contributed by atoms with Crippen LogP contribution in [0.5, 0.6) is 0 Å². The van der Waals surface area contributed by atoms with Crippen molar-refractivity contribution in [2.24, 2.45) is 0 Å². The Morgan fingerprint density at radius 2 is 2.38 bits per heavy atom. The van der Waals surface area contributed by atoms with E-state index in [2.05, 4.69) is 22.6 Å². The standard InChI is InChI=1S/C5H9BIN/c6-8-3-1-2-5(7)4-8/h5H,1-4H2. The molecular formula is C5H9BIN. The molecule has 1 atom stereocenters. The summed E-state index contributed by atoms with van der Waals surface area (Å²) >= 11 is 2.45. The molecule has 0 saturated carbocycles. The van der Waals surface area contributed by atoms with E-state index in [9.17, 15) is 0 Å². The molecule has 0 aromatic carbocycles. The van der Waals surface area contributed by atoms with Gasteiger partial charge in [0.05, 0.1) is 0 Å². The first-order valence-electron chi connectivity index (χ1n) is 2.93. The minimum Gasteiger partial charge on any atom is -0.353 e. The van der Waals surface area contributed by atoms with Crippen LogP contribution in [0.25, 0.3) is 0 Å². The molecule has 1 rings (SSSR count). The maximum atomic E-state index is 5.55. The van der Waals surface area contributed by atoms with E-state index in [1.54, 1.807) is 0 Å². The third-order valence-electron chi connectivity index (χ3n) is 1.40. The lowest BCUT2D eigenvalue weighted by molar-refractivity contribution is 0.383. The largest absolute Gasteiger partial charge is 0.353 e. The summed E-state index contributed by atoms with van der Waals surface area (Å²) in [7, 11) is 5.55. The molecule has 1 saturated heterocycles. The highest BCUT2D eigenvalue weighted by Gasteiger charge is 2.12. The lowest BCUT2D eigenvalue weighted by Gasteiger charge is -2.26. The van der Waals surface area contributed by atoms with Crippen LogP contribution in [-0.4, -0.2) is 29.8 Å². The number of piperidine rings is 1. The molecule has 0 N–H and O–H groups in total. The molecule has 0 aliphatic carbocycles. The van der Waals surface area contributed by atoms with Gasteiger partial charge in [0.25, 0.3) is 0 Å². The molecule has 0 spiro atoms. The molecule has 3 heteroatoms. The second-order valence-corrected chi connectivity index (χ2v) is 4.00. The summed E-state index contributed by atoms with van der Waals surface area (Å²) < 4.78 is 0.784. The number of hydrogen-bond donors (Lipinski definition) is 0. The molecule has 1 aliphatic heterocycles. The molecular weight excluding hydrogens is 212 g/mol. The van der Waals surface area contributed by atoms with Gasteiger partial charge in [-0.15, -0.1) is 0 Å². The summed E-state index contributed by atoms with van der Waals surface area (Å²) in [5.41, 5.74) is 0. The second-order valence-electron chi connectivity index (χ2n) is 2.23. The third-order valence-corrected chi connectivity index (χ3v) is 2.41. The first kappa shape index (κ1) is 6.87. The highest BCUT2D eigenvalue weighted by molar-refractivity contribution is 14.1. The van der Waals surface area contributed by atoms with Gasteiger partial charge in [-0.05, 0) is 25.9 Å². The lowest BCUT2D eigenvalue weighted by atomic mass is 10.1. The van der Waals surface area contributed by atoms with Crippen molar-refractivity contribution in [2.45, 2.75) is 16.8 Å². The van der Waals surface area contributed by atoms with E-state index in [4.69, 9.17) is 7.98 Å². The number of rotatable bonds is 0. The molecule has 1 heterocycles. The lowest BCUT2D eigenvalue weighted by Crippen LogP contribution is -2.33. The molecule has 0 bridgehead atoms. The predicted octanol–water partition coefficient (Wildman–Crippen LogP) is 0.969. The number of nitrogens with zero attached hydrogens (tertiary/aromatic N) is 1. The zero-order valence-corrected chi connectivity index (χ0v) is 6.97. The third kappa shape index (κ3) is 1.93. The van der Waals surface area contributed by atoms with E-state index >= 15 is 0 Å². The van der Waals surface area contributed by atoms with Crippen LogP contribution < -0.4 is 0 Å². The molecule has 0 aromatic rings. The van der Waals surface area contributed by atoms with Crippen LogP contribution in [0.15, 0.2) is 0 Å². The van der Waals surface area contributed by atoms with Crippen molar-refractivity contribution in [3.63, 3.8) is 0 Å². The Morgan fingerprint density at radius 3 is 2.75 bits per heavy atom. The maximum absolute atomic E-state index is 5.55. The number of halogens is 1. The van der Waals surface area contributed by atoms with E-state index in [1.165, 1.54) is 12.8 Å². The van der Waals surface area contributed by atoms with Crippen LogP contribution in [0, 0.1) is 0 Å². The van der Waals surface area contributed by atoms with Gasteiger partial charge in [0.2, 0.25) is 0 Å². The minimum absolute atomic E-state index is 0.784. The Kier molecular flexibility index (Phi) is 2.63. The van der Waals surface area contributed by atoms with Crippen molar-refractivity contribution in [3.05, 3.63) is 0 Å². The number of alkyl halides is 1. The highest BCUT2D eigenvalue weighted by Crippen LogP contribution is 2.14. The maximum Gasteiger partial charge on any atom is 0.182 e. The van der Waals surface area contributed by atoms with Crippen molar-refractivity contribution in [3.8, 4) is 0 Å². The Balaban J connectivity index is 2.23. The molecule has 44 valence electrons. The molecule has 0 amide bonds. The Hall–Kier alpha value is 0.755. The van der Waals surface area contributed by atoms with E-state index in [-0.39, 0.29) is 0 Å². The first-order valence-corrected chi connectivity index (χ1v) is 4.17. The molecule has 1 nitrogen and oxygen atoms in total. The van der Waals surface area contributed by atoms with Crippen LogP contribution in [0.4, 0.5) is 0 Å². The summed E-state index contributed by atoms with van der Waals surface area (Å²) in [4.78, 5) is 1.90. The van der Waals surface area contributed by atoms with Crippen molar-refractivity contribution >= 4 is 30.6 Å². The van der Waals surface area contributed by atoms with Crippen molar-refractivity contribution in [1.29, 1.82) is 0 Å². The topological polar surface area (TPSA) is 3.24 Å². The fourth-order valence-electron chi connectivity index (χ4n) is 0.953. The summed E-state index contributed by atoms with van der Waals surface area (Å²) in [6.45, 7) is 2.15. The van der Waals surface area contributed by atoms with Gasteiger partial charge >= 0.3 is 0 Å². The zero-order valence-electron chi connectivity index (χ0n) is 4.81. The molecule has 0 aromatic heterocycles. The zero-order chi connectivity index (χ0) is 5.98. The van der Waals surface area contributed by atoms with Crippen LogP contribution in [0.3, 0.4) is 0 Å². The highest BCUT2D eigenvalue weighted by atomic mass is 127. The van der Waals surface area contributed by atoms with Crippen molar-refractivity contribution < 1.29 is 0 Å². The molecule has 2 radical (unpaired) electrons. The van der Waals surface area contributed by atoms with Gasteiger partial charge < -0.3 is 4.81 Å².